The quantitative estimate of drug-likeness (QED) is 0.616. The van der Waals surface area contributed by atoms with Gasteiger partial charge in [0.1, 0.15) is 0 Å². The second kappa shape index (κ2) is 7.05. The van der Waals surface area contributed by atoms with Gasteiger partial charge in [0, 0.05) is 11.4 Å². The van der Waals surface area contributed by atoms with Crippen LogP contribution in [-0.2, 0) is 21.8 Å². The summed E-state index contributed by atoms with van der Waals surface area (Å²) in [6, 6.07) is 4.46. The van der Waals surface area contributed by atoms with Crippen molar-refractivity contribution in [2.45, 2.75) is 25.7 Å². The van der Waals surface area contributed by atoms with E-state index in [4.69, 9.17) is 21.6 Å². The maximum absolute atomic E-state index is 13.1. The summed E-state index contributed by atoms with van der Waals surface area (Å²) in [7, 11) is 0. The molecular formula is C13H12ClF2NO2. The minimum atomic E-state index is -2.85. The summed E-state index contributed by atoms with van der Waals surface area (Å²) in [5, 5.41) is 8.86. The SMILES string of the molecule is CCOC(=O)Cc1c(CCl)ccc(C#N)c1C(F)F. The zero-order chi connectivity index (χ0) is 14.4. The predicted octanol–water partition coefficient (Wildman–Crippen LogP) is 3.34. The fourth-order valence-electron chi connectivity index (χ4n) is 1.75. The Bertz CT molecular complexity index is 512. The molecule has 0 bridgehead atoms. The van der Waals surface area contributed by atoms with Gasteiger partial charge in [0.05, 0.1) is 24.7 Å². The van der Waals surface area contributed by atoms with Gasteiger partial charge < -0.3 is 4.74 Å². The van der Waals surface area contributed by atoms with Crippen molar-refractivity contribution in [3.05, 3.63) is 34.4 Å². The number of carbonyl (C=O) groups excluding carboxylic acids is 1. The molecule has 0 aliphatic heterocycles. The van der Waals surface area contributed by atoms with E-state index in [1.54, 1.807) is 13.0 Å². The number of nitrogens with zero attached hydrogens (tertiary/aromatic N) is 1. The van der Waals surface area contributed by atoms with Crippen LogP contribution in [-0.4, -0.2) is 12.6 Å². The summed E-state index contributed by atoms with van der Waals surface area (Å²) in [6.45, 7) is 1.79. The van der Waals surface area contributed by atoms with Crippen molar-refractivity contribution in [2.75, 3.05) is 6.61 Å². The van der Waals surface area contributed by atoms with E-state index in [1.807, 2.05) is 0 Å². The van der Waals surface area contributed by atoms with Gasteiger partial charge in [-0.15, -0.1) is 11.6 Å². The third-order valence-electron chi connectivity index (χ3n) is 2.56. The molecule has 0 aliphatic carbocycles. The van der Waals surface area contributed by atoms with Crippen LogP contribution in [0.5, 0.6) is 0 Å². The first kappa shape index (κ1) is 15.4. The van der Waals surface area contributed by atoms with Crippen molar-refractivity contribution in [3.8, 4) is 6.07 Å². The lowest BCUT2D eigenvalue weighted by molar-refractivity contribution is -0.142. The Balaban J connectivity index is 3.31. The van der Waals surface area contributed by atoms with E-state index in [0.29, 0.717) is 5.56 Å². The van der Waals surface area contributed by atoms with Crippen LogP contribution in [0.3, 0.4) is 0 Å². The number of benzene rings is 1. The molecule has 0 saturated heterocycles. The number of halogens is 3. The summed E-state index contributed by atoms with van der Waals surface area (Å²) in [5.41, 5.74) is -0.0941. The second-order valence-corrected chi connectivity index (χ2v) is 3.96. The van der Waals surface area contributed by atoms with Gasteiger partial charge in [-0.3, -0.25) is 4.79 Å². The van der Waals surface area contributed by atoms with Crippen LogP contribution in [0.4, 0.5) is 8.78 Å². The molecule has 0 fully saturated rings. The minimum absolute atomic E-state index is 0.0137. The third-order valence-corrected chi connectivity index (χ3v) is 2.85. The summed E-state index contributed by atoms with van der Waals surface area (Å²) in [4.78, 5) is 11.5. The number of nitriles is 1. The molecule has 3 nitrogen and oxygen atoms in total. The zero-order valence-corrected chi connectivity index (χ0v) is 11.0. The van der Waals surface area contributed by atoms with E-state index < -0.39 is 18.0 Å². The maximum atomic E-state index is 13.1. The Labute approximate surface area is 114 Å². The average molecular weight is 288 g/mol. The molecule has 0 aliphatic rings. The van der Waals surface area contributed by atoms with Crippen LogP contribution in [0, 0.1) is 11.3 Å². The molecule has 0 atom stereocenters. The Morgan fingerprint density at radius 3 is 2.68 bits per heavy atom. The Morgan fingerprint density at radius 2 is 2.21 bits per heavy atom. The van der Waals surface area contributed by atoms with Crippen molar-refractivity contribution < 1.29 is 18.3 Å². The standard InChI is InChI=1S/C13H12ClF2NO2/c1-2-19-11(18)5-10-8(6-14)3-4-9(7-17)12(10)13(15)16/h3-4,13H,2,5-6H2,1H3. The lowest BCUT2D eigenvalue weighted by atomic mass is 9.95. The first-order chi connectivity index (χ1) is 9.04. The topological polar surface area (TPSA) is 50.1 Å². The number of carbonyl (C=O) groups is 1. The molecule has 0 unspecified atom stereocenters. The smallest absolute Gasteiger partial charge is 0.310 e. The molecule has 19 heavy (non-hydrogen) atoms. The summed E-state index contributed by atoms with van der Waals surface area (Å²) in [5.74, 6) is -0.633. The van der Waals surface area contributed by atoms with Gasteiger partial charge in [-0.1, -0.05) is 6.07 Å². The lowest BCUT2D eigenvalue weighted by Crippen LogP contribution is -2.12. The van der Waals surface area contributed by atoms with Crippen molar-refractivity contribution >= 4 is 17.6 Å². The van der Waals surface area contributed by atoms with Gasteiger partial charge in [0.15, 0.2) is 0 Å². The number of hydrogen-bond donors (Lipinski definition) is 0. The largest absolute Gasteiger partial charge is 0.466 e. The molecular weight excluding hydrogens is 276 g/mol. The van der Waals surface area contributed by atoms with E-state index >= 15 is 0 Å². The minimum Gasteiger partial charge on any atom is -0.466 e. The predicted molar refractivity (Wildman–Crippen MR) is 66.0 cm³/mol. The van der Waals surface area contributed by atoms with Crippen LogP contribution in [0.25, 0.3) is 0 Å². The summed E-state index contributed by atoms with van der Waals surface area (Å²) < 4.78 is 30.9. The molecule has 1 aromatic rings. The van der Waals surface area contributed by atoms with Gasteiger partial charge in [-0.25, -0.2) is 8.78 Å². The maximum Gasteiger partial charge on any atom is 0.310 e. The molecule has 1 rings (SSSR count). The Kier molecular flexibility index (Phi) is 5.71. The number of hydrogen-bond acceptors (Lipinski definition) is 3. The van der Waals surface area contributed by atoms with E-state index in [2.05, 4.69) is 0 Å². The van der Waals surface area contributed by atoms with Gasteiger partial charge in [-0.05, 0) is 24.1 Å². The van der Waals surface area contributed by atoms with Crippen molar-refractivity contribution in [1.29, 1.82) is 5.26 Å². The van der Waals surface area contributed by atoms with Crippen LogP contribution in [0.15, 0.2) is 12.1 Å². The molecule has 1 aromatic carbocycles. The highest BCUT2D eigenvalue weighted by Crippen LogP contribution is 2.30. The second-order valence-electron chi connectivity index (χ2n) is 3.69. The molecule has 0 saturated carbocycles. The Morgan fingerprint density at radius 1 is 1.53 bits per heavy atom. The lowest BCUT2D eigenvalue weighted by Gasteiger charge is -2.14. The zero-order valence-electron chi connectivity index (χ0n) is 10.3. The monoisotopic (exact) mass is 287 g/mol. The summed E-state index contributed by atoms with van der Waals surface area (Å²) in [6.07, 6.45) is -3.16. The van der Waals surface area contributed by atoms with Crippen molar-refractivity contribution in [2.24, 2.45) is 0 Å². The molecule has 0 aromatic heterocycles. The van der Waals surface area contributed by atoms with Gasteiger partial charge in [0.2, 0.25) is 0 Å². The molecule has 102 valence electrons. The van der Waals surface area contributed by atoms with E-state index in [9.17, 15) is 13.6 Å². The summed E-state index contributed by atoms with van der Waals surface area (Å²) >= 11 is 5.68. The molecule has 0 heterocycles. The number of rotatable bonds is 5. The van der Waals surface area contributed by atoms with Crippen molar-refractivity contribution in [1.82, 2.24) is 0 Å². The van der Waals surface area contributed by atoms with Gasteiger partial charge in [0.25, 0.3) is 6.43 Å². The number of esters is 1. The fraction of sp³-hybridized carbons (Fsp3) is 0.385. The highest BCUT2D eigenvalue weighted by molar-refractivity contribution is 6.17. The average Bonchev–Trinajstić information content (AvgIpc) is 2.37. The molecule has 0 spiro atoms. The molecule has 0 radical (unpaired) electrons. The number of ether oxygens (including phenoxy) is 1. The number of alkyl halides is 3. The van der Waals surface area contributed by atoms with Gasteiger partial charge in [-0.2, -0.15) is 5.26 Å². The Hall–Kier alpha value is -1.67. The highest BCUT2D eigenvalue weighted by Gasteiger charge is 2.22. The van der Waals surface area contributed by atoms with E-state index in [0.717, 1.165) is 0 Å². The fourth-order valence-corrected chi connectivity index (χ4v) is 2.00. The highest BCUT2D eigenvalue weighted by atomic mass is 35.5. The van der Waals surface area contributed by atoms with Crippen LogP contribution in [0.1, 0.15) is 35.6 Å². The first-order valence-electron chi connectivity index (χ1n) is 5.59. The molecule has 6 heteroatoms. The van der Waals surface area contributed by atoms with Crippen molar-refractivity contribution in [3.63, 3.8) is 0 Å². The van der Waals surface area contributed by atoms with Crippen LogP contribution < -0.4 is 0 Å². The van der Waals surface area contributed by atoms with Gasteiger partial charge >= 0.3 is 5.97 Å². The molecule has 0 amide bonds. The normalized spacial score (nSPS) is 10.3. The molecule has 0 N–H and O–H groups in total. The van der Waals surface area contributed by atoms with E-state index in [1.165, 1.54) is 12.1 Å². The van der Waals surface area contributed by atoms with Crippen LogP contribution in [0.2, 0.25) is 0 Å². The first-order valence-corrected chi connectivity index (χ1v) is 6.13. The van der Waals surface area contributed by atoms with E-state index in [-0.39, 0.29) is 30.0 Å². The van der Waals surface area contributed by atoms with Crippen LogP contribution >= 0.6 is 11.6 Å². The third kappa shape index (κ3) is 3.65.